The summed E-state index contributed by atoms with van der Waals surface area (Å²) in [4.78, 5) is 0. The highest BCUT2D eigenvalue weighted by atomic mass is 16.5. The van der Waals surface area contributed by atoms with E-state index in [4.69, 9.17) is 4.74 Å². The van der Waals surface area contributed by atoms with E-state index in [0.29, 0.717) is 6.04 Å². The minimum atomic E-state index is 0.361. The Kier molecular flexibility index (Phi) is 9.66. The lowest BCUT2D eigenvalue weighted by Crippen LogP contribution is -2.25. The first-order valence-electron chi connectivity index (χ1n) is 10.0. The molecule has 0 aliphatic carbocycles. The molecule has 2 rings (SSSR count). The van der Waals surface area contributed by atoms with Crippen LogP contribution in [0, 0.1) is 0 Å². The standard InChI is InChI=1S/C23H34N2O/c1-3-4-5-6-10-18-26-23-15-11-14-22(19-23)25-17-16-24-20(2)21-12-8-7-9-13-21/h7-9,11-15,19-20,24-25H,3-6,10,16-18H2,1-2H3. The lowest BCUT2D eigenvalue weighted by atomic mass is 10.1. The van der Waals surface area contributed by atoms with Crippen LogP contribution in [0.4, 0.5) is 5.69 Å². The number of unbranched alkanes of at least 4 members (excludes halogenated alkanes) is 4. The van der Waals surface area contributed by atoms with Gasteiger partial charge in [0.15, 0.2) is 0 Å². The molecule has 0 aliphatic heterocycles. The molecule has 0 saturated carbocycles. The van der Waals surface area contributed by atoms with E-state index in [9.17, 15) is 0 Å². The van der Waals surface area contributed by atoms with E-state index < -0.39 is 0 Å². The van der Waals surface area contributed by atoms with Gasteiger partial charge in [-0.3, -0.25) is 0 Å². The summed E-state index contributed by atoms with van der Waals surface area (Å²) < 4.78 is 5.87. The van der Waals surface area contributed by atoms with Crippen molar-refractivity contribution in [3.05, 3.63) is 60.2 Å². The molecular weight excluding hydrogens is 320 g/mol. The number of nitrogens with one attached hydrogen (secondary N) is 2. The Bertz CT molecular complexity index is 600. The van der Waals surface area contributed by atoms with E-state index in [2.05, 4.69) is 73.0 Å². The van der Waals surface area contributed by atoms with Gasteiger partial charge in [-0.15, -0.1) is 0 Å². The Morgan fingerprint density at radius 3 is 2.50 bits per heavy atom. The summed E-state index contributed by atoms with van der Waals surface area (Å²) in [6.45, 7) is 7.05. The molecular formula is C23H34N2O. The molecule has 0 heterocycles. The summed E-state index contributed by atoms with van der Waals surface area (Å²) in [6, 6.07) is 19.2. The molecule has 3 heteroatoms. The van der Waals surface area contributed by atoms with Crippen LogP contribution in [-0.4, -0.2) is 19.7 Å². The molecule has 0 amide bonds. The molecule has 3 nitrogen and oxygen atoms in total. The van der Waals surface area contributed by atoms with Crippen molar-refractivity contribution in [2.24, 2.45) is 0 Å². The maximum atomic E-state index is 5.87. The molecule has 1 atom stereocenters. The monoisotopic (exact) mass is 354 g/mol. The Labute approximate surface area is 159 Å². The van der Waals surface area contributed by atoms with Gasteiger partial charge in [-0.1, -0.05) is 69.0 Å². The lowest BCUT2D eigenvalue weighted by Gasteiger charge is -2.15. The molecule has 0 spiro atoms. The Hall–Kier alpha value is -2.00. The number of benzene rings is 2. The van der Waals surface area contributed by atoms with Crippen molar-refractivity contribution in [1.82, 2.24) is 5.32 Å². The van der Waals surface area contributed by atoms with E-state index in [-0.39, 0.29) is 0 Å². The zero-order valence-electron chi connectivity index (χ0n) is 16.3. The van der Waals surface area contributed by atoms with Crippen molar-refractivity contribution in [1.29, 1.82) is 0 Å². The number of hydrogen-bond acceptors (Lipinski definition) is 3. The number of anilines is 1. The summed E-state index contributed by atoms with van der Waals surface area (Å²) in [7, 11) is 0. The van der Waals surface area contributed by atoms with Crippen LogP contribution in [0.3, 0.4) is 0 Å². The van der Waals surface area contributed by atoms with Gasteiger partial charge < -0.3 is 15.4 Å². The second kappa shape index (κ2) is 12.4. The van der Waals surface area contributed by atoms with E-state index in [1.807, 2.05) is 6.07 Å². The zero-order chi connectivity index (χ0) is 18.5. The van der Waals surface area contributed by atoms with Crippen LogP contribution >= 0.6 is 0 Å². The molecule has 142 valence electrons. The Morgan fingerprint density at radius 1 is 0.885 bits per heavy atom. The highest BCUT2D eigenvalue weighted by Crippen LogP contribution is 2.18. The minimum Gasteiger partial charge on any atom is -0.494 e. The van der Waals surface area contributed by atoms with Gasteiger partial charge in [0.25, 0.3) is 0 Å². The lowest BCUT2D eigenvalue weighted by molar-refractivity contribution is 0.304. The summed E-state index contributed by atoms with van der Waals surface area (Å²) in [5.74, 6) is 0.955. The second-order valence-corrected chi connectivity index (χ2v) is 6.80. The van der Waals surface area contributed by atoms with Gasteiger partial charge in [-0.05, 0) is 31.0 Å². The molecule has 2 aromatic carbocycles. The van der Waals surface area contributed by atoms with Gasteiger partial charge in [0, 0.05) is 30.9 Å². The normalized spacial score (nSPS) is 11.9. The molecule has 0 bridgehead atoms. The van der Waals surface area contributed by atoms with Gasteiger partial charge in [0.2, 0.25) is 0 Å². The maximum absolute atomic E-state index is 5.87. The quantitative estimate of drug-likeness (QED) is 0.446. The largest absolute Gasteiger partial charge is 0.494 e. The number of rotatable bonds is 13. The topological polar surface area (TPSA) is 33.3 Å². The maximum Gasteiger partial charge on any atom is 0.121 e. The van der Waals surface area contributed by atoms with E-state index in [1.54, 1.807) is 0 Å². The third kappa shape index (κ3) is 7.92. The summed E-state index contributed by atoms with van der Waals surface area (Å²) in [5.41, 5.74) is 2.43. The number of ether oxygens (including phenoxy) is 1. The summed E-state index contributed by atoms with van der Waals surface area (Å²) >= 11 is 0. The third-order valence-electron chi connectivity index (χ3n) is 4.55. The average molecular weight is 355 g/mol. The van der Waals surface area contributed by atoms with Crippen molar-refractivity contribution >= 4 is 5.69 Å². The Balaban J connectivity index is 1.63. The molecule has 0 saturated heterocycles. The van der Waals surface area contributed by atoms with Crippen LogP contribution in [0.5, 0.6) is 5.75 Å². The van der Waals surface area contributed by atoms with Gasteiger partial charge in [-0.2, -0.15) is 0 Å². The van der Waals surface area contributed by atoms with Crippen molar-refractivity contribution in [2.75, 3.05) is 25.0 Å². The minimum absolute atomic E-state index is 0.361. The molecule has 2 aromatic rings. The van der Waals surface area contributed by atoms with Gasteiger partial charge in [-0.25, -0.2) is 0 Å². The van der Waals surface area contributed by atoms with Crippen molar-refractivity contribution in [3.8, 4) is 5.75 Å². The summed E-state index contributed by atoms with van der Waals surface area (Å²) in [6.07, 6.45) is 6.33. The third-order valence-corrected chi connectivity index (χ3v) is 4.55. The van der Waals surface area contributed by atoms with Crippen molar-refractivity contribution in [3.63, 3.8) is 0 Å². The van der Waals surface area contributed by atoms with E-state index in [0.717, 1.165) is 37.6 Å². The smallest absolute Gasteiger partial charge is 0.121 e. The first kappa shape index (κ1) is 20.3. The summed E-state index contributed by atoms with van der Waals surface area (Å²) in [5, 5.41) is 7.02. The van der Waals surface area contributed by atoms with Crippen LogP contribution in [-0.2, 0) is 0 Å². The van der Waals surface area contributed by atoms with E-state index in [1.165, 1.54) is 31.2 Å². The van der Waals surface area contributed by atoms with Gasteiger partial charge in [0.1, 0.15) is 5.75 Å². The van der Waals surface area contributed by atoms with Crippen LogP contribution in [0.2, 0.25) is 0 Å². The van der Waals surface area contributed by atoms with Crippen molar-refractivity contribution in [2.45, 2.75) is 52.0 Å². The molecule has 0 radical (unpaired) electrons. The molecule has 26 heavy (non-hydrogen) atoms. The van der Waals surface area contributed by atoms with Crippen LogP contribution < -0.4 is 15.4 Å². The zero-order valence-corrected chi connectivity index (χ0v) is 16.3. The number of hydrogen-bond donors (Lipinski definition) is 2. The molecule has 2 N–H and O–H groups in total. The second-order valence-electron chi connectivity index (χ2n) is 6.80. The van der Waals surface area contributed by atoms with Crippen LogP contribution in [0.25, 0.3) is 0 Å². The fraction of sp³-hybridized carbons (Fsp3) is 0.478. The van der Waals surface area contributed by atoms with Crippen LogP contribution in [0.1, 0.15) is 57.6 Å². The predicted molar refractivity (Wildman–Crippen MR) is 112 cm³/mol. The first-order valence-corrected chi connectivity index (χ1v) is 10.0. The first-order chi connectivity index (χ1) is 12.8. The highest BCUT2D eigenvalue weighted by Gasteiger charge is 2.03. The molecule has 0 fully saturated rings. The highest BCUT2D eigenvalue weighted by molar-refractivity contribution is 5.48. The fourth-order valence-electron chi connectivity index (χ4n) is 2.95. The SMILES string of the molecule is CCCCCCCOc1cccc(NCCNC(C)c2ccccc2)c1. The van der Waals surface area contributed by atoms with Crippen molar-refractivity contribution < 1.29 is 4.74 Å². The van der Waals surface area contributed by atoms with Gasteiger partial charge >= 0.3 is 0 Å². The molecule has 1 unspecified atom stereocenters. The average Bonchev–Trinajstić information content (AvgIpc) is 2.69. The van der Waals surface area contributed by atoms with Crippen LogP contribution in [0.15, 0.2) is 54.6 Å². The molecule has 0 aliphatic rings. The fourth-order valence-corrected chi connectivity index (χ4v) is 2.95. The molecule has 0 aromatic heterocycles. The Morgan fingerprint density at radius 2 is 1.69 bits per heavy atom. The van der Waals surface area contributed by atoms with E-state index >= 15 is 0 Å². The van der Waals surface area contributed by atoms with Gasteiger partial charge in [0.05, 0.1) is 6.61 Å². The predicted octanol–water partition coefficient (Wildman–Crippen LogP) is 5.80.